The van der Waals surface area contributed by atoms with Crippen LogP contribution in [0.15, 0.2) is 12.4 Å². The Bertz CT molecular complexity index is 213. The third-order valence-corrected chi connectivity index (χ3v) is 2.08. The molecule has 1 aromatic heterocycles. The normalized spacial score (nSPS) is 19.7. The lowest BCUT2D eigenvalue weighted by molar-refractivity contribution is 0.226. The summed E-state index contributed by atoms with van der Waals surface area (Å²) in [6, 6.07) is 0. The minimum atomic E-state index is 0.933. The number of aromatic amines is 1. The van der Waals surface area contributed by atoms with Crippen LogP contribution in [0, 0.1) is 0 Å². The average Bonchev–Trinajstić information content (AvgIpc) is 2.59. The van der Waals surface area contributed by atoms with Crippen molar-refractivity contribution in [2.75, 3.05) is 26.2 Å². The van der Waals surface area contributed by atoms with Gasteiger partial charge in [-0.15, -0.1) is 0 Å². The summed E-state index contributed by atoms with van der Waals surface area (Å²) in [7, 11) is 0. The van der Waals surface area contributed by atoms with Gasteiger partial charge >= 0.3 is 0 Å². The van der Waals surface area contributed by atoms with E-state index in [0.717, 1.165) is 38.5 Å². The highest BCUT2D eigenvalue weighted by atomic mass is 15.2. The molecule has 12 heavy (non-hydrogen) atoms. The van der Waals surface area contributed by atoms with Crippen LogP contribution in [0.3, 0.4) is 0 Å². The maximum Gasteiger partial charge on any atom is 0.120 e. The summed E-state index contributed by atoms with van der Waals surface area (Å²) in [5.41, 5.74) is 0. The average molecular weight is 165 g/mol. The zero-order valence-electron chi connectivity index (χ0n) is 7.03. The Morgan fingerprint density at radius 2 is 2.25 bits per heavy atom. The molecule has 65 valence electrons. The molecule has 4 heteroatoms. The van der Waals surface area contributed by atoms with Crippen LogP contribution >= 0.6 is 0 Å². The lowest BCUT2D eigenvalue weighted by atomic mass is 10.3. The maximum absolute atomic E-state index is 4.28. The standard InChI is InChI=1S/C8H13N4/c1-2-11-8(10-1)7-12-5-3-9-4-6-12/h1-2H,3-7H2,(H,10,11). The second kappa shape index (κ2) is 3.69. The van der Waals surface area contributed by atoms with Gasteiger partial charge in [-0.1, -0.05) is 0 Å². The highest BCUT2D eigenvalue weighted by molar-refractivity contribution is 4.87. The molecule has 0 aromatic carbocycles. The molecule has 0 amide bonds. The van der Waals surface area contributed by atoms with Crippen LogP contribution < -0.4 is 5.32 Å². The summed E-state index contributed by atoms with van der Waals surface area (Å²) in [5, 5.41) is 4.28. The lowest BCUT2D eigenvalue weighted by Crippen LogP contribution is -2.39. The molecule has 1 N–H and O–H groups in total. The van der Waals surface area contributed by atoms with Crippen molar-refractivity contribution in [2.45, 2.75) is 6.54 Å². The largest absolute Gasteiger partial charge is 0.348 e. The Kier molecular flexibility index (Phi) is 2.39. The van der Waals surface area contributed by atoms with E-state index >= 15 is 0 Å². The topological polar surface area (TPSA) is 46.0 Å². The van der Waals surface area contributed by atoms with Crippen molar-refractivity contribution in [1.29, 1.82) is 0 Å². The van der Waals surface area contributed by atoms with E-state index in [-0.39, 0.29) is 0 Å². The minimum absolute atomic E-state index is 0.933. The fourth-order valence-corrected chi connectivity index (χ4v) is 1.40. The second-order valence-electron chi connectivity index (χ2n) is 2.98. The summed E-state index contributed by atoms with van der Waals surface area (Å²) in [6.45, 7) is 5.02. The van der Waals surface area contributed by atoms with Crippen molar-refractivity contribution in [3.63, 3.8) is 0 Å². The first kappa shape index (κ1) is 7.76. The zero-order valence-corrected chi connectivity index (χ0v) is 7.03. The number of H-pyrrole nitrogens is 1. The number of piperazine rings is 1. The Labute approximate surface area is 72.0 Å². The molecule has 1 radical (unpaired) electrons. The van der Waals surface area contributed by atoms with Crippen molar-refractivity contribution in [3.05, 3.63) is 18.2 Å². The van der Waals surface area contributed by atoms with Gasteiger partial charge < -0.3 is 4.98 Å². The number of aromatic nitrogens is 2. The molecular formula is C8H13N4. The molecule has 1 aliphatic heterocycles. The fraction of sp³-hybridized carbons (Fsp3) is 0.625. The maximum atomic E-state index is 4.28. The predicted octanol–water partition coefficient (Wildman–Crippen LogP) is -0.170. The van der Waals surface area contributed by atoms with E-state index in [0.29, 0.717) is 0 Å². The number of nitrogens with zero attached hydrogens (tertiary/aromatic N) is 3. The van der Waals surface area contributed by atoms with Crippen molar-refractivity contribution in [3.8, 4) is 0 Å². The molecule has 1 aliphatic rings. The number of hydrogen-bond donors (Lipinski definition) is 1. The number of hydrogen-bond acceptors (Lipinski definition) is 2. The van der Waals surface area contributed by atoms with Crippen LogP contribution in [-0.2, 0) is 6.54 Å². The molecule has 0 aliphatic carbocycles. The van der Waals surface area contributed by atoms with Gasteiger partial charge in [-0.25, -0.2) is 10.3 Å². The number of imidazole rings is 1. The molecule has 1 aromatic rings. The highest BCUT2D eigenvalue weighted by Crippen LogP contribution is 1.99. The van der Waals surface area contributed by atoms with Crippen LogP contribution in [0.1, 0.15) is 5.82 Å². The van der Waals surface area contributed by atoms with E-state index in [4.69, 9.17) is 0 Å². The molecular weight excluding hydrogens is 152 g/mol. The first-order valence-corrected chi connectivity index (χ1v) is 4.29. The van der Waals surface area contributed by atoms with Crippen LogP contribution in [0.2, 0.25) is 0 Å². The van der Waals surface area contributed by atoms with E-state index in [9.17, 15) is 0 Å². The molecule has 4 nitrogen and oxygen atoms in total. The molecule has 1 saturated heterocycles. The molecule has 1 fully saturated rings. The Morgan fingerprint density at radius 1 is 1.42 bits per heavy atom. The Balaban J connectivity index is 1.86. The van der Waals surface area contributed by atoms with Gasteiger partial charge in [0.15, 0.2) is 0 Å². The quantitative estimate of drug-likeness (QED) is 0.661. The van der Waals surface area contributed by atoms with Crippen LogP contribution in [0.5, 0.6) is 0 Å². The van der Waals surface area contributed by atoms with Gasteiger partial charge in [0.1, 0.15) is 5.82 Å². The molecule has 0 spiro atoms. The Hall–Kier alpha value is -0.870. The predicted molar refractivity (Wildman–Crippen MR) is 45.7 cm³/mol. The van der Waals surface area contributed by atoms with Gasteiger partial charge in [-0.3, -0.25) is 4.90 Å². The first-order chi connectivity index (χ1) is 5.95. The van der Waals surface area contributed by atoms with E-state index in [2.05, 4.69) is 20.2 Å². The van der Waals surface area contributed by atoms with Gasteiger partial charge in [0.25, 0.3) is 0 Å². The zero-order chi connectivity index (χ0) is 8.23. The highest BCUT2D eigenvalue weighted by Gasteiger charge is 2.10. The summed E-state index contributed by atoms with van der Waals surface area (Å²) in [6.07, 6.45) is 3.66. The molecule has 2 heterocycles. The number of rotatable bonds is 2. The number of nitrogens with one attached hydrogen (secondary N) is 1. The molecule has 0 unspecified atom stereocenters. The first-order valence-electron chi connectivity index (χ1n) is 4.29. The van der Waals surface area contributed by atoms with E-state index in [1.165, 1.54) is 0 Å². The van der Waals surface area contributed by atoms with Crippen molar-refractivity contribution in [1.82, 2.24) is 20.2 Å². The lowest BCUT2D eigenvalue weighted by Gasteiger charge is -2.24. The van der Waals surface area contributed by atoms with E-state index in [1.54, 1.807) is 6.20 Å². The van der Waals surface area contributed by atoms with Gasteiger partial charge in [0.05, 0.1) is 6.54 Å². The second-order valence-corrected chi connectivity index (χ2v) is 2.98. The van der Waals surface area contributed by atoms with Crippen LogP contribution in [0.25, 0.3) is 0 Å². The minimum Gasteiger partial charge on any atom is -0.348 e. The SMILES string of the molecule is c1c[nH]c(CN2CC[N]CC2)n1. The summed E-state index contributed by atoms with van der Waals surface area (Å²) in [4.78, 5) is 9.65. The molecule has 2 rings (SSSR count). The van der Waals surface area contributed by atoms with Gasteiger partial charge in [0, 0.05) is 38.6 Å². The van der Waals surface area contributed by atoms with Gasteiger partial charge in [-0.05, 0) is 0 Å². The van der Waals surface area contributed by atoms with Gasteiger partial charge in [-0.2, -0.15) is 0 Å². The Morgan fingerprint density at radius 3 is 2.92 bits per heavy atom. The van der Waals surface area contributed by atoms with E-state index in [1.807, 2.05) is 6.20 Å². The third-order valence-electron chi connectivity index (χ3n) is 2.08. The molecule has 0 bridgehead atoms. The summed E-state index contributed by atoms with van der Waals surface area (Å²) >= 11 is 0. The van der Waals surface area contributed by atoms with Crippen molar-refractivity contribution in [2.24, 2.45) is 0 Å². The van der Waals surface area contributed by atoms with Crippen LogP contribution in [-0.4, -0.2) is 41.0 Å². The molecule has 0 saturated carbocycles. The monoisotopic (exact) mass is 165 g/mol. The van der Waals surface area contributed by atoms with Crippen molar-refractivity contribution < 1.29 is 0 Å². The third kappa shape index (κ3) is 1.84. The smallest absolute Gasteiger partial charge is 0.120 e. The molecule has 0 atom stereocenters. The van der Waals surface area contributed by atoms with Gasteiger partial charge in [0.2, 0.25) is 0 Å². The van der Waals surface area contributed by atoms with Crippen molar-refractivity contribution >= 4 is 0 Å². The van der Waals surface area contributed by atoms with E-state index < -0.39 is 0 Å². The fourth-order valence-electron chi connectivity index (χ4n) is 1.40. The summed E-state index contributed by atoms with van der Waals surface area (Å²) in [5.74, 6) is 1.05. The van der Waals surface area contributed by atoms with Crippen LogP contribution in [0.4, 0.5) is 0 Å². The summed E-state index contributed by atoms with van der Waals surface area (Å²) < 4.78 is 0.